The molecule has 140 valence electrons. The minimum atomic E-state index is 0.115. The molecule has 0 N–H and O–H groups in total. The van der Waals surface area contributed by atoms with Crippen molar-refractivity contribution < 1.29 is 14.3 Å². The molecule has 5 rings (SSSR count). The maximum atomic E-state index is 12.9. The van der Waals surface area contributed by atoms with E-state index in [9.17, 15) is 9.59 Å². The highest BCUT2D eigenvalue weighted by atomic mass is 16.5. The number of piperidine rings is 1. The van der Waals surface area contributed by atoms with Gasteiger partial charge < -0.3 is 14.5 Å². The van der Waals surface area contributed by atoms with E-state index in [1.54, 1.807) is 0 Å². The predicted octanol–water partition coefficient (Wildman–Crippen LogP) is 1.08. The van der Waals surface area contributed by atoms with Gasteiger partial charge in [-0.05, 0) is 30.9 Å². The molecular weight excluding hydrogens is 330 g/mol. The van der Waals surface area contributed by atoms with Crippen LogP contribution in [0.2, 0.25) is 0 Å². The van der Waals surface area contributed by atoms with Crippen molar-refractivity contribution in [3.05, 3.63) is 35.9 Å². The normalized spacial score (nSPS) is 26.6. The highest BCUT2D eigenvalue weighted by Crippen LogP contribution is 2.28. The van der Waals surface area contributed by atoms with Gasteiger partial charge in [-0.15, -0.1) is 0 Å². The van der Waals surface area contributed by atoms with E-state index < -0.39 is 0 Å². The van der Waals surface area contributed by atoms with E-state index in [0.717, 1.165) is 38.0 Å². The predicted molar refractivity (Wildman–Crippen MR) is 97.8 cm³/mol. The molecule has 4 heterocycles. The second kappa shape index (κ2) is 7.76. The van der Waals surface area contributed by atoms with Gasteiger partial charge in [0.1, 0.15) is 0 Å². The van der Waals surface area contributed by atoms with Crippen LogP contribution in [0.5, 0.6) is 0 Å². The third-order valence-corrected chi connectivity index (χ3v) is 5.84. The molecule has 4 fully saturated rings. The van der Waals surface area contributed by atoms with Crippen molar-refractivity contribution in [2.45, 2.75) is 18.9 Å². The lowest BCUT2D eigenvalue weighted by Gasteiger charge is -2.37. The molecule has 0 saturated carbocycles. The average molecular weight is 357 g/mol. The molecule has 0 aliphatic carbocycles. The minimum absolute atomic E-state index is 0.115. The van der Waals surface area contributed by atoms with Crippen molar-refractivity contribution in [1.29, 1.82) is 0 Å². The molecule has 2 bridgehead atoms. The number of amides is 2. The van der Waals surface area contributed by atoms with Crippen LogP contribution in [0, 0.1) is 5.92 Å². The van der Waals surface area contributed by atoms with Gasteiger partial charge >= 0.3 is 0 Å². The van der Waals surface area contributed by atoms with E-state index in [2.05, 4.69) is 4.90 Å². The number of hydrogen-bond acceptors (Lipinski definition) is 4. The number of nitrogens with zero attached hydrogens (tertiary/aromatic N) is 3. The molecule has 1 aromatic carbocycles. The van der Waals surface area contributed by atoms with Crippen LogP contribution in [-0.2, 0) is 9.53 Å². The molecule has 0 unspecified atom stereocenters. The molecule has 0 spiro atoms. The summed E-state index contributed by atoms with van der Waals surface area (Å²) in [6.07, 6.45) is 2.21. The smallest absolute Gasteiger partial charge is 0.253 e. The quantitative estimate of drug-likeness (QED) is 0.812. The molecule has 6 nitrogen and oxygen atoms in total. The monoisotopic (exact) mass is 357 g/mol. The van der Waals surface area contributed by atoms with Crippen LogP contribution < -0.4 is 0 Å². The van der Waals surface area contributed by atoms with Crippen molar-refractivity contribution in [3.63, 3.8) is 0 Å². The first-order chi connectivity index (χ1) is 12.7. The first-order valence-electron chi connectivity index (χ1n) is 9.64. The summed E-state index contributed by atoms with van der Waals surface area (Å²) in [4.78, 5) is 31.7. The summed E-state index contributed by atoms with van der Waals surface area (Å²) in [5.74, 6) is 0.768. The second-order valence-corrected chi connectivity index (χ2v) is 7.60. The first kappa shape index (κ1) is 17.5. The number of ether oxygens (including phenoxy) is 1. The molecule has 2 amide bonds. The Morgan fingerprint density at radius 2 is 1.73 bits per heavy atom. The van der Waals surface area contributed by atoms with E-state index in [1.807, 2.05) is 40.1 Å². The summed E-state index contributed by atoms with van der Waals surface area (Å²) < 4.78 is 5.34. The summed E-state index contributed by atoms with van der Waals surface area (Å²) >= 11 is 0. The van der Waals surface area contributed by atoms with Gasteiger partial charge in [0.05, 0.1) is 19.8 Å². The Hall–Kier alpha value is -1.92. The molecule has 2 atom stereocenters. The summed E-state index contributed by atoms with van der Waals surface area (Å²) in [6, 6.07) is 9.80. The fourth-order valence-corrected chi connectivity index (χ4v) is 4.39. The van der Waals surface area contributed by atoms with E-state index in [4.69, 9.17) is 4.74 Å². The van der Waals surface area contributed by atoms with Crippen LogP contribution in [0.25, 0.3) is 0 Å². The number of rotatable bonds is 3. The highest BCUT2D eigenvalue weighted by molar-refractivity contribution is 5.94. The first-order valence-corrected chi connectivity index (χ1v) is 9.64. The van der Waals surface area contributed by atoms with Gasteiger partial charge in [-0.1, -0.05) is 18.2 Å². The van der Waals surface area contributed by atoms with Gasteiger partial charge in [0.25, 0.3) is 5.91 Å². The van der Waals surface area contributed by atoms with Crippen molar-refractivity contribution in [2.24, 2.45) is 5.92 Å². The van der Waals surface area contributed by atoms with Crippen molar-refractivity contribution in [3.8, 4) is 0 Å². The summed E-state index contributed by atoms with van der Waals surface area (Å²) in [5.41, 5.74) is 0.754. The maximum absolute atomic E-state index is 12.9. The Bertz CT molecular complexity index is 645. The highest BCUT2D eigenvalue weighted by Gasteiger charge is 2.37. The van der Waals surface area contributed by atoms with Crippen LogP contribution in [0.1, 0.15) is 23.2 Å². The Morgan fingerprint density at radius 3 is 2.50 bits per heavy atom. The van der Waals surface area contributed by atoms with E-state index >= 15 is 0 Å². The van der Waals surface area contributed by atoms with Crippen LogP contribution >= 0.6 is 0 Å². The number of carbonyl (C=O) groups is 2. The van der Waals surface area contributed by atoms with E-state index in [-0.39, 0.29) is 17.9 Å². The lowest BCUT2D eigenvalue weighted by molar-refractivity contribution is -0.137. The minimum Gasteiger partial charge on any atom is -0.378 e. The zero-order valence-corrected chi connectivity index (χ0v) is 15.2. The number of benzene rings is 1. The zero-order valence-electron chi connectivity index (χ0n) is 15.2. The van der Waals surface area contributed by atoms with Gasteiger partial charge in [0, 0.05) is 44.3 Å². The summed E-state index contributed by atoms with van der Waals surface area (Å²) in [6.45, 7) is 5.56. The number of fused-ring (bicyclic) bond motifs is 4. The van der Waals surface area contributed by atoms with E-state index in [0.29, 0.717) is 38.8 Å². The fraction of sp³-hybridized carbons (Fsp3) is 0.600. The Labute approximate surface area is 154 Å². The molecule has 1 aromatic rings. The molecule has 0 radical (unpaired) electrons. The molecule has 0 aromatic heterocycles. The fourth-order valence-electron chi connectivity index (χ4n) is 4.39. The van der Waals surface area contributed by atoms with Gasteiger partial charge in [0.15, 0.2) is 0 Å². The third kappa shape index (κ3) is 3.76. The van der Waals surface area contributed by atoms with Crippen LogP contribution in [-0.4, -0.2) is 85.0 Å². The molecule has 6 heteroatoms. The maximum Gasteiger partial charge on any atom is 0.253 e. The van der Waals surface area contributed by atoms with E-state index in [1.165, 1.54) is 0 Å². The topological polar surface area (TPSA) is 53.1 Å². The molecular formula is C20H27N3O3. The summed E-state index contributed by atoms with van der Waals surface area (Å²) in [5, 5.41) is 0. The van der Waals surface area contributed by atoms with Gasteiger partial charge in [-0.25, -0.2) is 0 Å². The zero-order chi connectivity index (χ0) is 17.9. The van der Waals surface area contributed by atoms with Crippen molar-refractivity contribution in [2.75, 3.05) is 52.5 Å². The largest absolute Gasteiger partial charge is 0.378 e. The van der Waals surface area contributed by atoms with Crippen LogP contribution in [0.4, 0.5) is 0 Å². The van der Waals surface area contributed by atoms with Crippen molar-refractivity contribution in [1.82, 2.24) is 14.7 Å². The lowest BCUT2D eigenvalue weighted by Crippen LogP contribution is -2.51. The van der Waals surface area contributed by atoms with Gasteiger partial charge in [-0.2, -0.15) is 0 Å². The third-order valence-electron chi connectivity index (χ3n) is 5.84. The molecule has 4 aliphatic rings. The molecule has 4 aliphatic heterocycles. The average Bonchev–Trinajstić information content (AvgIpc) is 3.00. The van der Waals surface area contributed by atoms with Crippen LogP contribution in [0.15, 0.2) is 30.3 Å². The lowest BCUT2D eigenvalue weighted by atomic mass is 9.95. The standard InChI is InChI=1S/C20H27N3O3/c24-19(21-8-10-26-11-9-21)15-22-12-16-6-7-18(22)14-23(13-16)20(25)17-4-2-1-3-5-17/h1-5,16,18H,6-15H2/t16-,18-/m1/s1. The van der Waals surface area contributed by atoms with Crippen LogP contribution in [0.3, 0.4) is 0 Å². The number of carbonyl (C=O) groups excluding carboxylic acids is 2. The van der Waals surface area contributed by atoms with Crippen molar-refractivity contribution >= 4 is 11.8 Å². The Kier molecular flexibility index (Phi) is 5.22. The summed E-state index contributed by atoms with van der Waals surface area (Å²) in [7, 11) is 0. The van der Waals surface area contributed by atoms with Gasteiger partial charge in [0.2, 0.25) is 5.91 Å². The Morgan fingerprint density at radius 1 is 0.962 bits per heavy atom. The SMILES string of the molecule is O=C(CN1C[C@H]2CC[C@@H]1CN(C(=O)c1ccccc1)C2)N1CCOCC1. The molecule has 26 heavy (non-hydrogen) atoms. The Balaban J connectivity index is 1.41. The number of hydrogen-bond donors (Lipinski definition) is 0. The molecule has 4 saturated heterocycles. The number of morpholine rings is 1. The van der Waals surface area contributed by atoms with Gasteiger partial charge in [-0.3, -0.25) is 14.5 Å². The second-order valence-electron chi connectivity index (χ2n) is 7.60.